The van der Waals surface area contributed by atoms with Crippen LogP contribution in [0.1, 0.15) is 28.4 Å². The molecule has 24 heavy (non-hydrogen) atoms. The number of aromatic amines is 1. The number of nitrogens with one attached hydrogen (secondary N) is 1. The molecule has 5 nitrogen and oxygen atoms in total. The molecule has 6 heteroatoms. The van der Waals surface area contributed by atoms with Gasteiger partial charge in [0, 0.05) is 17.7 Å². The van der Waals surface area contributed by atoms with E-state index < -0.39 is 0 Å². The first kappa shape index (κ1) is 14.6. The summed E-state index contributed by atoms with van der Waals surface area (Å²) in [6.45, 7) is 0.713. The van der Waals surface area contributed by atoms with Crippen LogP contribution in [-0.4, -0.2) is 32.5 Å². The van der Waals surface area contributed by atoms with Gasteiger partial charge in [-0.15, -0.1) is 0 Å². The number of hydrogen-bond donors (Lipinski definition) is 1. The van der Waals surface area contributed by atoms with Crippen molar-refractivity contribution in [2.75, 3.05) is 6.54 Å². The molecular weight excluding hydrogens is 307 g/mol. The van der Waals surface area contributed by atoms with Crippen molar-refractivity contribution < 1.29 is 9.18 Å². The Labute approximate surface area is 138 Å². The number of H-pyrrole nitrogens is 1. The fraction of sp³-hybridized carbons (Fsp3) is 0.167. The molecular formula is C18H15FN4O. The molecule has 0 aliphatic carbocycles. The van der Waals surface area contributed by atoms with Crippen molar-refractivity contribution in [3.63, 3.8) is 0 Å². The highest BCUT2D eigenvalue weighted by atomic mass is 19.1. The van der Waals surface area contributed by atoms with Crippen LogP contribution in [0, 0.1) is 5.82 Å². The molecule has 1 aliphatic rings. The zero-order valence-electron chi connectivity index (χ0n) is 12.8. The van der Waals surface area contributed by atoms with Gasteiger partial charge in [-0.2, -0.15) is 5.10 Å². The largest absolute Gasteiger partial charge is 0.331 e. The number of carbonyl (C=O) groups is 1. The molecule has 0 bridgehead atoms. The van der Waals surface area contributed by atoms with Crippen LogP contribution in [0.2, 0.25) is 0 Å². The number of nitrogens with zero attached hydrogens (tertiary/aromatic N) is 3. The van der Waals surface area contributed by atoms with Gasteiger partial charge in [0.05, 0.1) is 6.04 Å². The summed E-state index contributed by atoms with van der Waals surface area (Å²) in [4.78, 5) is 18.6. The van der Waals surface area contributed by atoms with Crippen molar-refractivity contribution in [3.05, 3.63) is 71.8 Å². The van der Waals surface area contributed by atoms with Crippen LogP contribution in [0.25, 0.3) is 11.4 Å². The zero-order valence-corrected chi connectivity index (χ0v) is 12.8. The van der Waals surface area contributed by atoms with Gasteiger partial charge in [-0.25, -0.2) is 9.37 Å². The molecule has 1 fully saturated rings. The van der Waals surface area contributed by atoms with Gasteiger partial charge in [-0.05, 0) is 36.2 Å². The van der Waals surface area contributed by atoms with Crippen LogP contribution in [0.5, 0.6) is 0 Å². The molecule has 0 spiro atoms. The van der Waals surface area contributed by atoms with Crippen molar-refractivity contribution in [1.82, 2.24) is 20.1 Å². The van der Waals surface area contributed by atoms with Gasteiger partial charge in [0.15, 0.2) is 5.82 Å². The van der Waals surface area contributed by atoms with Gasteiger partial charge in [-0.3, -0.25) is 9.89 Å². The number of carbonyl (C=O) groups excluding carboxylic acids is 1. The molecule has 1 amide bonds. The zero-order chi connectivity index (χ0) is 16.5. The minimum atomic E-state index is -0.265. The van der Waals surface area contributed by atoms with Crippen LogP contribution < -0.4 is 0 Å². The summed E-state index contributed by atoms with van der Waals surface area (Å²) < 4.78 is 13.1. The highest BCUT2D eigenvalue weighted by molar-refractivity contribution is 5.95. The lowest BCUT2D eigenvalue weighted by Gasteiger charge is -2.41. The Kier molecular flexibility index (Phi) is 3.57. The van der Waals surface area contributed by atoms with Gasteiger partial charge in [0.25, 0.3) is 5.91 Å². The highest BCUT2D eigenvalue weighted by Gasteiger charge is 2.33. The lowest BCUT2D eigenvalue weighted by atomic mass is 9.93. The molecule has 0 saturated carbocycles. The molecule has 0 unspecified atom stereocenters. The predicted octanol–water partition coefficient (Wildman–Crippen LogP) is 3.20. The van der Waals surface area contributed by atoms with E-state index in [1.807, 2.05) is 17.0 Å². The molecule has 2 aromatic carbocycles. The third-order valence-electron chi connectivity index (χ3n) is 4.36. The average Bonchev–Trinajstić information content (AvgIpc) is 3.10. The minimum absolute atomic E-state index is 0.0142. The smallest absolute Gasteiger partial charge is 0.254 e. The van der Waals surface area contributed by atoms with Crippen LogP contribution >= 0.6 is 0 Å². The number of aromatic nitrogens is 3. The number of halogens is 1. The van der Waals surface area contributed by atoms with Gasteiger partial charge in [0.1, 0.15) is 12.1 Å². The van der Waals surface area contributed by atoms with Crippen molar-refractivity contribution in [1.29, 1.82) is 0 Å². The van der Waals surface area contributed by atoms with Crippen LogP contribution in [0.3, 0.4) is 0 Å². The fourth-order valence-electron chi connectivity index (χ4n) is 2.94. The van der Waals surface area contributed by atoms with E-state index in [0.29, 0.717) is 17.9 Å². The van der Waals surface area contributed by atoms with E-state index in [4.69, 9.17) is 0 Å². The van der Waals surface area contributed by atoms with Gasteiger partial charge < -0.3 is 4.90 Å². The van der Waals surface area contributed by atoms with Gasteiger partial charge in [-0.1, -0.05) is 24.3 Å². The Balaban J connectivity index is 1.52. The SMILES string of the molecule is O=C(c1ccc(-c2ncn[nH]2)cc1)N1CC[C@H]1c1ccc(F)cc1. The Morgan fingerprint density at radius 1 is 1.12 bits per heavy atom. The van der Waals surface area contributed by atoms with Crippen LogP contribution in [0.4, 0.5) is 4.39 Å². The monoisotopic (exact) mass is 322 g/mol. The molecule has 1 N–H and O–H groups in total. The molecule has 1 aromatic heterocycles. The summed E-state index contributed by atoms with van der Waals surface area (Å²) in [6.07, 6.45) is 2.34. The second-order valence-corrected chi connectivity index (χ2v) is 5.77. The van der Waals surface area contributed by atoms with Crippen molar-refractivity contribution in [2.24, 2.45) is 0 Å². The predicted molar refractivity (Wildman–Crippen MR) is 86.6 cm³/mol. The number of benzene rings is 2. The first-order valence-electron chi connectivity index (χ1n) is 7.74. The summed E-state index contributed by atoms with van der Waals surface area (Å²) in [6, 6.07) is 13.7. The number of rotatable bonds is 3. The summed E-state index contributed by atoms with van der Waals surface area (Å²) in [5.74, 6) is 0.390. The minimum Gasteiger partial charge on any atom is -0.331 e. The maximum absolute atomic E-state index is 13.1. The summed E-state index contributed by atoms with van der Waals surface area (Å²) in [5, 5.41) is 6.61. The first-order chi connectivity index (χ1) is 11.7. The van der Waals surface area contributed by atoms with Crippen LogP contribution in [-0.2, 0) is 0 Å². The molecule has 1 aliphatic heterocycles. The summed E-state index contributed by atoms with van der Waals surface area (Å²) in [5.41, 5.74) is 2.47. The summed E-state index contributed by atoms with van der Waals surface area (Å²) >= 11 is 0. The molecule has 1 saturated heterocycles. The maximum Gasteiger partial charge on any atom is 0.254 e. The van der Waals surface area contributed by atoms with E-state index in [2.05, 4.69) is 15.2 Å². The first-order valence-corrected chi connectivity index (χ1v) is 7.74. The average molecular weight is 322 g/mol. The second-order valence-electron chi connectivity index (χ2n) is 5.77. The Hall–Kier alpha value is -3.02. The Morgan fingerprint density at radius 3 is 2.46 bits per heavy atom. The molecule has 4 rings (SSSR count). The van der Waals surface area contributed by atoms with E-state index in [-0.39, 0.29) is 17.8 Å². The lowest BCUT2D eigenvalue weighted by Crippen LogP contribution is -2.45. The molecule has 2 heterocycles. The maximum atomic E-state index is 13.1. The highest BCUT2D eigenvalue weighted by Crippen LogP contribution is 2.34. The Bertz CT molecular complexity index is 844. The van der Waals surface area contributed by atoms with Crippen LogP contribution in [0.15, 0.2) is 54.9 Å². The molecule has 1 atom stereocenters. The normalized spacial score (nSPS) is 16.7. The lowest BCUT2D eigenvalue weighted by molar-refractivity contribution is 0.0460. The molecule has 3 aromatic rings. The van der Waals surface area contributed by atoms with E-state index in [9.17, 15) is 9.18 Å². The quantitative estimate of drug-likeness (QED) is 0.805. The standard InChI is InChI=1S/C18H15FN4O/c19-15-7-5-12(6-8-15)16-9-10-23(16)18(24)14-3-1-13(2-4-14)17-20-11-21-22-17/h1-8,11,16H,9-10H2,(H,20,21,22)/t16-/m0/s1. The van der Waals surface area contributed by atoms with E-state index in [1.165, 1.54) is 18.5 Å². The fourth-order valence-corrected chi connectivity index (χ4v) is 2.94. The third kappa shape index (κ3) is 2.56. The van der Waals surface area contributed by atoms with Gasteiger partial charge >= 0.3 is 0 Å². The number of hydrogen-bond acceptors (Lipinski definition) is 3. The van der Waals surface area contributed by atoms with Crippen molar-refractivity contribution in [3.8, 4) is 11.4 Å². The third-order valence-corrected chi connectivity index (χ3v) is 4.36. The molecule has 120 valence electrons. The topological polar surface area (TPSA) is 61.9 Å². The van der Waals surface area contributed by atoms with Gasteiger partial charge in [0.2, 0.25) is 0 Å². The van der Waals surface area contributed by atoms with Crippen molar-refractivity contribution >= 4 is 5.91 Å². The van der Waals surface area contributed by atoms with E-state index in [1.54, 1.807) is 24.3 Å². The molecule has 0 radical (unpaired) electrons. The number of likely N-dealkylation sites (tertiary alicyclic amines) is 1. The van der Waals surface area contributed by atoms with E-state index in [0.717, 1.165) is 17.5 Å². The summed E-state index contributed by atoms with van der Waals surface area (Å²) in [7, 11) is 0. The number of amides is 1. The van der Waals surface area contributed by atoms with Crippen molar-refractivity contribution in [2.45, 2.75) is 12.5 Å². The second kappa shape index (κ2) is 5.88. The van der Waals surface area contributed by atoms with E-state index >= 15 is 0 Å². The Morgan fingerprint density at radius 2 is 1.88 bits per heavy atom.